The van der Waals surface area contributed by atoms with E-state index in [0.29, 0.717) is 5.82 Å². The summed E-state index contributed by atoms with van der Waals surface area (Å²) in [6.07, 6.45) is 3.70. The van der Waals surface area contributed by atoms with E-state index in [0.717, 1.165) is 12.0 Å². The number of hydrogen-bond donors (Lipinski definition) is 0. The van der Waals surface area contributed by atoms with Crippen molar-refractivity contribution < 1.29 is 4.52 Å². The summed E-state index contributed by atoms with van der Waals surface area (Å²) in [7, 11) is 2.20. The average Bonchev–Trinajstić information content (AvgIpc) is 3.04. The Balaban J connectivity index is 1.45. The highest BCUT2D eigenvalue weighted by atomic mass is 16.5. The molecule has 0 amide bonds. The summed E-state index contributed by atoms with van der Waals surface area (Å²) in [4.78, 5) is 9.02. The highest BCUT2D eigenvalue weighted by molar-refractivity contribution is 5.54. The summed E-state index contributed by atoms with van der Waals surface area (Å²) in [5, 5.41) is 3.85. The zero-order chi connectivity index (χ0) is 14.5. The highest BCUT2D eigenvalue weighted by Crippen LogP contribution is 2.16. The lowest BCUT2D eigenvalue weighted by atomic mass is 10.1. The Morgan fingerprint density at radius 2 is 1.86 bits per heavy atom. The summed E-state index contributed by atoms with van der Waals surface area (Å²) >= 11 is 0. The normalized spacial score (nSPS) is 17.2. The van der Waals surface area contributed by atoms with Gasteiger partial charge in [0.2, 0.25) is 12.2 Å². The van der Waals surface area contributed by atoms with Crippen LogP contribution in [0.2, 0.25) is 0 Å². The summed E-state index contributed by atoms with van der Waals surface area (Å²) in [6, 6.07) is 8.46. The van der Waals surface area contributed by atoms with E-state index in [9.17, 15) is 0 Å². The molecule has 0 unspecified atom stereocenters. The van der Waals surface area contributed by atoms with Crippen LogP contribution >= 0.6 is 0 Å². The third-order valence-corrected chi connectivity index (χ3v) is 4.11. The maximum absolute atomic E-state index is 4.77. The van der Waals surface area contributed by atoms with Crippen molar-refractivity contribution in [2.24, 2.45) is 0 Å². The van der Waals surface area contributed by atoms with E-state index in [1.807, 2.05) is 0 Å². The quantitative estimate of drug-likeness (QED) is 0.840. The zero-order valence-electron chi connectivity index (χ0n) is 12.5. The molecule has 0 atom stereocenters. The van der Waals surface area contributed by atoms with Crippen molar-refractivity contribution in [2.75, 3.05) is 39.8 Å². The van der Waals surface area contributed by atoms with Crippen LogP contribution in [0.3, 0.4) is 0 Å². The van der Waals surface area contributed by atoms with Crippen LogP contribution in [0.5, 0.6) is 0 Å². The Kier molecular flexibility index (Phi) is 4.62. The number of hydrogen-bond acceptors (Lipinski definition) is 5. The van der Waals surface area contributed by atoms with Gasteiger partial charge in [0.05, 0.1) is 0 Å². The molecule has 1 aromatic carbocycles. The molecule has 21 heavy (non-hydrogen) atoms. The minimum Gasteiger partial charge on any atom is -0.342 e. The molecular weight excluding hydrogens is 264 g/mol. The molecule has 0 bridgehead atoms. The smallest absolute Gasteiger partial charge is 0.214 e. The molecule has 1 saturated heterocycles. The van der Waals surface area contributed by atoms with Crippen LogP contribution in [0.4, 0.5) is 0 Å². The van der Waals surface area contributed by atoms with Gasteiger partial charge in [0.1, 0.15) is 0 Å². The van der Waals surface area contributed by atoms with Crippen LogP contribution in [-0.4, -0.2) is 59.7 Å². The molecule has 0 spiro atoms. The molecule has 1 aliphatic heterocycles. The van der Waals surface area contributed by atoms with Crippen molar-refractivity contribution in [1.82, 2.24) is 19.9 Å². The van der Waals surface area contributed by atoms with Crippen LogP contribution in [0, 0.1) is 0 Å². The minimum absolute atomic E-state index is 0.652. The van der Waals surface area contributed by atoms with Crippen molar-refractivity contribution in [3.05, 3.63) is 36.2 Å². The number of benzene rings is 1. The van der Waals surface area contributed by atoms with Gasteiger partial charge in [-0.25, -0.2) is 0 Å². The van der Waals surface area contributed by atoms with Crippen LogP contribution in [0.25, 0.3) is 11.4 Å². The molecule has 3 rings (SSSR count). The van der Waals surface area contributed by atoms with E-state index in [1.165, 1.54) is 51.1 Å². The average molecular weight is 286 g/mol. The SMILES string of the molecule is CN1CCN(CCCc2ccc(-c3ncon3)cc2)CC1. The second kappa shape index (κ2) is 6.83. The van der Waals surface area contributed by atoms with E-state index in [-0.39, 0.29) is 0 Å². The molecule has 5 nitrogen and oxygen atoms in total. The lowest BCUT2D eigenvalue weighted by Gasteiger charge is -2.32. The molecule has 2 heterocycles. The number of nitrogens with zero attached hydrogens (tertiary/aromatic N) is 4. The first-order chi connectivity index (χ1) is 10.3. The topological polar surface area (TPSA) is 45.4 Å². The van der Waals surface area contributed by atoms with Crippen molar-refractivity contribution in [3.8, 4) is 11.4 Å². The van der Waals surface area contributed by atoms with E-state index in [1.54, 1.807) is 0 Å². The number of aromatic nitrogens is 2. The molecule has 1 aliphatic rings. The van der Waals surface area contributed by atoms with Gasteiger partial charge in [-0.05, 0) is 32.0 Å². The molecule has 112 valence electrons. The molecule has 0 saturated carbocycles. The fourth-order valence-electron chi connectivity index (χ4n) is 2.70. The number of piperazine rings is 1. The van der Waals surface area contributed by atoms with Crippen LogP contribution in [-0.2, 0) is 6.42 Å². The predicted octanol–water partition coefficient (Wildman–Crippen LogP) is 1.92. The first-order valence-electron chi connectivity index (χ1n) is 7.58. The molecular formula is C16H22N4O. The fraction of sp³-hybridized carbons (Fsp3) is 0.500. The van der Waals surface area contributed by atoms with Crippen molar-refractivity contribution in [1.29, 1.82) is 0 Å². The minimum atomic E-state index is 0.652. The number of aryl methyl sites for hydroxylation is 1. The van der Waals surface area contributed by atoms with E-state index in [4.69, 9.17) is 4.52 Å². The molecule has 0 radical (unpaired) electrons. The molecule has 0 aliphatic carbocycles. The van der Waals surface area contributed by atoms with Crippen molar-refractivity contribution in [2.45, 2.75) is 12.8 Å². The summed E-state index contributed by atoms with van der Waals surface area (Å²) in [5.74, 6) is 0.652. The van der Waals surface area contributed by atoms with Crippen LogP contribution in [0.15, 0.2) is 35.2 Å². The first kappa shape index (κ1) is 14.2. The molecule has 1 aromatic heterocycles. The van der Waals surface area contributed by atoms with Gasteiger partial charge in [-0.15, -0.1) is 0 Å². The van der Waals surface area contributed by atoms with Gasteiger partial charge >= 0.3 is 0 Å². The lowest BCUT2D eigenvalue weighted by molar-refractivity contribution is 0.153. The highest BCUT2D eigenvalue weighted by Gasteiger charge is 2.12. The standard InChI is InChI=1S/C16H22N4O/c1-19-9-11-20(12-10-19)8-2-3-14-4-6-15(7-5-14)16-17-13-21-18-16/h4-7,13H,2-3,8-12H2,1H3. The Morgan fingerprint density at radius 3 is 2.52 bits per heavy atom. The monoisotopic (exact) mass is 286 g/mol. The summed E-state index contributed by atoms with van der Waals surface area (Å²) < 4.78 is 4.77. The van der Waals surface area contributed by atoms with Gasteiger partial charge < -0.3 is 14.3 Å². The molecule has 0 N–H and O–H groups in total. The van der Waals surface area contributed by atoms with Gasteiger partial charge in [-0.3, -0.25) is 0 Å². The van der Waals surface area contributed by atoms with Crippen LogP contribution < -0.4 is 0 Å². The largest absolute Gasteiger partial charge is 0.342 e. The summed E-state index contributed by atoms with van der Waals surface area (Å²) in [6.45, 7) is 5.99. The first-order valence-corrected chi connectivity index (χ1v) is 7.58. The Bertz CT molecular complexity index is 530. The van der Waals surface area contributed by atoms with Gasteiger partial charge in [0.25, 0.3) is 0 Å². The Hall–Kier alpha value is -1.72. The number of likely N-dealkylation sites (N-methyl/N-ethyl adjacent to an activating group) is 1. The van der Waals surface area contributed by atoms with Gasteiger partial charge in [0.15, 0.2) is 0 Å². The van der Waals surface area contributed by atoms with Gasteiger partial charge in [-0.1, -0.05) is 29.4 Å². The lowest BCUT2D eigenvalue weighted by Crippen LogP contribution is -2.44. The zero-order valence-corrected chi connectivity index (χ0v) is 12.5. The fourth-order valence-corrected chi connectivity index (χ4v) is 2.70. The third-order valence-electron chi connectivity index (χ3n) is 4.11. The maximum Gasteiger partial charge on any atom is 0.214 e. The predicted molar refractivity (Wildman–Crippen MR) is 82.0 cm³/mol. The third kappa shape index (κ3) is 3.89. The van der Waals surface area contributed by atoms with E-state index in [2.05, 4.69) is 51.3 Å². The number of rotatable bonds is 5. The second-order valence-electron chi connectivity index (χ2n) is 5.70. The maximum atomic E-state index is 4.77. The van der Waals surface area contributed by atoms with Gasteiger partial charge in [-0.2, -0.15) is 4.98 Å². The second-order valence-corrected chi connectivity index (χ2v) is 5.70. The van der Waals surface area contributed by atoms with Gasteiger partial charge in [0, 0.05) is 31.7 Å². The van der Waals surface area contributed by atoms with Crippen LogP contribution in [0.1, 0.15) is 12.0 Å². The molecule has 2 aromatic rings. The molecule has 1 fully saturated rings. The Labute approximate surface area is 125 Å². The Morgan fingerprint density at radius 1 is 1.10 bits per heavy atom. The van der Waals surface area contributed by atoms with Crippen molar-refractivity contribution in [3.63, 3.8) is 0 Å². The van der Waals surface area contributed by atoms with E-state index < -0.39 is 0 Å². The molecule has 5 heteroatoms. The van der Waals surface area contributed by atoms with E-state index >= 15 is 0 Å². The summed E-state index contributed by atoms with van der Waals surface area (Å²) in [5.41, 5.74) is 2.38. The van der Waals surface area contributed by atoms with Crippen molar-refractivity contribution >= 4 is 0 Å².